The Morgan fingerprint density at radius 2 is 2.04 bits per heavy atom. The third-order valence-corrected chi connectivity index (χ3v) is 3.14. The van der Waals surface area contributed by atoms with Crippen molar-refractivity contribution in [3.05, 3.63) is 24.4 Å². The molecule has 8 nitrogen and oxygen atoms in total. The molecule has 0 amide bonds. The molecule has 0 saturated carbocycles. The van der Waals surface area contributed by atoms with Crippen LogP contribution < -0.4 is 9.47 Å². The molecule has 1 N–H and O–H groups in total. The third kappa shape index (κ3) is 3.98. The summed E-state index contributed by atoms with van der Waals surface area (Å²) in [5, 5.41) is 17.7. The first-order valence-corrected chi connectivity index (χ1v) is 7.06. The van der Waals surface area contributed by atoms with Crippen molar-refractivity contribution in [2.24, 2.45) is 0 Å². The summed E-state index contributed by atoms with van der Waals surface area (Å²) in [6.07, 6.45) is 0.346. The smallest absolute Gasteiger partial charge is 0.336 e. The van der Waals surface area contributed by atoms with Crippen LogP contribution in [0.25, 0.3) is 11.3 Å². The molecular weight excluding hydrogens is 302 g/mol. The van der Waals surface area contributed by atoms with E-state index in [0.29, 0.717) is 17.2 Å². The van der Waals surface area contributed by atoms with Crippen LogP contribution in [0.5, 0.6) is 11.5 Å². The van der Waals surface area contributed by atoms with Gasteiger partial charge >= 0.3 is 5.97 Å². The number of aromatic nitrogens is 3. The molecule has 1 aromatic carbocycles. The maximum absolute atomic E-state index is 11.4. The van der Waals surface area contributed by atoms with Crippen LogP contribution in [0.3, 0.4) is 0 Å². The average molecular weight is 321 g/mol. The Kier molecular flexibility index (Phi) is 5.53. The lowest BCUT2D eigenvalue weighted by Gasteiger charge is -2.09. The van der Waals surface area contributed by atoms with Crippen LogP contribution in [0.1, 0.15) is 6.92 Å². The summed E-state index contributed by atoms with van der Waals surface area (Å²) >= 11 is 0. The molecule has 8 heteroatoms. The van der Waals surface area contributed by atoms with E-state index in [1.54, 1.807) is 39.5 Å². The number of aliphatic hydroxyl groups excluding tert-OH is 1. The van der Waals surface area contributed by atoms with Crippen LogP contribution in [0, 0.1) is 0 Å². The minimum Gasteiger partial charge on any atom is -0.493 e. The summed E-state index contributed by atoms with van der Waals surface area (Å²) in [5.74, 6) is 0.503. The Morgan fingerprint density at radius 1 is 1.30 bits per heavy atom. The molecule has 0 saturated heterocycles. The zero-order valence-corrected chi connectivity index (χ0v) is 13.2. The van der Waals surface area contributed by atoms with E-state index >= 15 is 0 Å². The maximum Gasteiger partial charge on any atom is 0.336 e. The molecule has 0 fully saturated rings. The van der Waals surface area contributed by atoms with Crippen molar-refractivity contribution in [3.8, 4) is 22.8 Å². The molecule has 1 aromatic heterocycles. The van der Waals surface area contributed by atoms with Gasteiger partial charge in [0.05, 0.1) is 33.6 Å². The van der Waals surface area contributed by atoms with Crippen LogP contribution in [0.2, 0.25) is 0 Å². The van der Waals surface area contributed by atoms with Gasteiger partial charge in [-0.2, -0.15) is 0 Å². The summed E-state index contributed by atoms with van der Waals surface area (Å²) in [4.78, 5) is 11.4. The fourth-order valence-electron chi connectivity index (χ4n) is 2.01. The number of methoxy groups -OCH3 is 2. The van der Waals surface area contributed by atoms with Crippen molar-refractivity contribution in [2.75, 3.05) is 20.8 Å². The average Bonchev–Trinajstić information content (AvgIpc) is 3.02. The summed E-state index contributed by atoms with van der Waals surface area (Å²) < 4.78 is 16.6. The number of aliphatic hydroxyl groups is 1. The third-order valence-electron chi connectivity index (χ3n) is 3.14. The summed E-state index contributed by atoms with van der Waals surface area (Å²) in [6, 6.07) is 5.35. The van der Waals surface area contributed by atoms with Crippen LogP contribution in [-0.4, -0.2) is 53.0 Å². The SMILES string of the molecule is CCOC(=O)C(O)Cn1cc(-c2ccc(OC)c(OC)c2)nn1. The van der Waals surface area contributed by atoms with E-state index < -0.39 is 12.1 Å². The monoisotopic (exact) mass is 321 g/mol. The quantitative estimate of drug-likeness (QED) is 0.756. The van der Waals surface area contributed by atoms with Gasteiger partial charge in [-0.25, -0.2) is 9.48 Å². The first-order chi connectivity index (χ1) is 11.1. The Hall–Kier alpha value is -2.61. The molecule has 0 aliphatic rings. The molecule has 0 bridgehead atoms. The second-order valence-electron chi connectivity index (χ2n) is 4.66. The van der Waals surface area contributed by atoms with Crippen LogP contribution in [0.15, 0.2) is 24.4 Å². The Morgan fingerprint density at radius 3 is 2.70 bits per heavy atom. The van der Waals surface area contributed by atoms with Gasteiger partial charge < -0.3 is 19.3 Å². The largest absolute Gasteiger partial charge is 0.493 e. The molecule has 1 unspecified atom stereocenters. The highest BCUT2D eigenvalue weighted by molar-refractivity contribution is 5.74. The molecule has 1 atom stereocenters. The van der Waals surface area contributed by atoms with Gasteiger partial charge in [0.1, 0.15) is 5.69 Å². The van der Waals surface area contributed by atoms with Crippen LogP contribution in [-0.2, 0) is 16.1 Å². The standard InChI is InChI=1S/C15H19N3O5/c1-4-23-15(20)12(19)9-18-8-11(16-17-18)10-5-6-13(21-2)14(7-10)22-3/h5-8,12,19H,4,9H2,1-3H3. The van der Waals surface area contributed by atoms with Gasteiger partial charge in [-0.15, -0.1) is 5.10 Å². The normalized spacial score (nSPS) is 11.8. The van der Waals surface area contributed by atoms with E-state index in [1.807, 2.05) is 6.07 Å². The van der Waals surface area contributed by atoms with Gasteiger partial charge in [0.2, 0.25) is 0 Å². The van der Waals surface area contributed by atoms with Crippen molar-refractivity contribution < 1.29 is 24.1 Å². The number of carbonyl (C=O) groups is 1. The Balaban J connectivity index is 2.14. The molecule has 0 radical (unpaired) electrons. The molecule has 23 heavy (non-hydrogen) atoms. The molecule has 124 valence electrons. The highest BCUT2D eigenvalue weighted by Crippen LogP contribution is 2.31. The minimum atomic E-state index is -1.28. The Labute approximate surface area is 133 Å². The van der Waals surface area contributed by atoms with Gasteiger partial charge in [-0.1, -0.05) is 5.21 Å². The fraction of sp³-hybridized carbons (Fsp3) is 0.400. The zero-order chi connectivity index (χ0) is 16.8. The minimum absolute atomic E-state index is 0.0286. The molecule has 2 rings (SSSR count). The van der Waals surface area contributed by atoms with Gasteiger partial charge in [-0.05, 0) is 25.1 Å². The molecule has 2 aromatic rings. The van der Waals surface area contributed by atoms with Crippen molar-refractivity contribution in [3.63, 3.8) is 0 Å². The predicted octanol–water partition coefficient (Wildman–Crippen LogP) is 0.886. The number of rotatable bonds is 7. The summed E-state index contributed by atoms with van der Waals surface area (Å²) in [6.45, 7) is 1.86. The van der Waals surface area contributed by atoms with Crippen LogP contribution >= 0.6 is 0 Å². The highest BCUT2D eigenvalue weighted by atomic mass is 16.5. The number of ether oxygens (including phenoxy) is 3. The van der Waals surface area contributed by atoms with Gasteiger partial charge in [-0.3, -0.25) is 0 Å². The number of hydrogen-bond acceptors (Lipinski definition) is 7. The first kappa shape index (κ1) is 16.8. The Bertz CT molecular complexity index is 671. The lowest BCUT2D eigenvalue weighted by atomic mass is 10.1. The lowest BCUT2D eigenvalue weighted by molar-refractivity contribution is -0.153. The van der Waals surface area contributed by atoms with E-state index in [-0.39, 0.29) is 13.2 Å². The predicted molar refractivity (Wildman–Crippen MR) is 81.2 cm³/mol. The van der Waals surface area contributed by atoms with Gasteiger partial charge in [0, 0.05) is 5.56 Å². The molecular formula is C15H19N3O5. The fourth-order valence-corrected chi connectivity index (χ4v) is 2.01. The second kappa shape index (κ2) is 7.59. The number of nitrogens with zero attached hydrogens (tertiary/aromatic N) is 3. The van der Waals surface area contributed by atoms with E-state index in [1.165, 1.54) is 4.68 Å². The maximum atomic E-state index is 11.4. The molecule has 0 aliphatic heterocycles. The lowest BCUT2D eigenvalue weighted by Crippen LogP contribution is -2.28. The van der Waals surface area contributed by atoms with E-state index in [0.717, 1.165) is 5.56 Å². The molecule has 0 aliphatic carbocycles. The van der Waals surface area contributed by atoms with Crippen molar-refractivity contribution in [2.45, 2.75) is 19.6 Å². The number of benzene rings is 1. The zero-order valence-electron chi connectivity index (χ0n) is 13.2. The van der Waals surface area contributed by atoms with Crippen molar-refractivity contribution in [1.29, 1.82) is 0 Å². The van der Waals surface area contributed by atoms with E-state index in [2.05, 4.69) is 10.3 Å². The van der Waals surface area contributed by atoms with Gasteiger partial charge in [0.25, 0.3) is 0 Å². The highest BCUT2D eigenvalue weighted by Gasteiger charge is 2.18. The van der Waals surface area contributed by atoms with E-state index in [4.69, 9.17) is 14.2 Å². The molecule has 0 spiro atoms. The van der Waals surface area contributed by atoms with Crippen molar-refractivity contribution >= 4 is 5.97 Å². The van der Waals surface area contributed by atoms with E-state index in [9.17, 15) is 9.90 Å². The molecule has 1 heterocycles. The van der Waals surface area contributed by atoms with Crippen LogP contribution in [0.4, 0.5) is 0 Å². The number of carbonyl (C=O) groups excluding carboxylic acids is 1. The summed E-state index contributed by atoms with van der Waals surface area (Å²) in [5.41, 5.74) is 1.36. The first-order valence-electron chi connectivity index (χ1n) is 7.06. The number of esters is 1. The van der Waals surface area contributed by atoms with Crippen molar-refractivity contribution in [1.82, 2.24) is 15.0 Å². The number of hydrogen-bond donors (Lipinski definition) is 1. The summed E-state index contributed by atoms with van der Waals surface area (Å²) in [7, 11) is 3.11. The van der Waals surface area contributed by atoms with Gasteiger partial charge in [0.15, 0.2) is 17.6 Å². The second-order valence-corrected chi connectivity index (χ2v) is 4.66. The topological polar surface area (TPSA) is 95.7 Å².